The Kier molecular flexibility index (Phi) is 6.56. The summed E-state index contributed by atoms with van der Waals surface area (Å²) in [5.41, 5.74) is 1.23. The van der Waals surface area contributed by atoms with E-state index in [1.165, 1.54) is 24.8 Å². The minimum Gasteiger partial charge on any atom is -0.375 e. The van der Waals surface area contributed by atoms with E-state index in [0.29, 0.717) is 19.8 Å². The summed E-state index contributed by atoms with van der Waals surface area (Å²) < 4.78 is 7.93. The molecule has 1 aromatic heterocycles. The number of benzene rings is 1. The molecule has 0 amide bonds. The zero-order valence-electron chi connectivity index (χ0n) is 20.5. The molecule has 3 atom stereocenters. The third-order valence-corrected chi connectivity index (χ3v) is 8.28. The summed E-state index contributed by atoms with van der Waals surface area (Å²) in [6, 6.07) is 10.3. The van der Waals surface area contributed by atoms with Gasteiger partial charge in [-0.3, -0.25) is 4.90 Å². The van der Waals surface area contributed by atoms with Gasteiger partial charge < -0.3 is 10.1 Å². The van der Waals surface area contributed by atoms with Gasteiger partial charge in [0.2, 0.25) is 0 Å². The largest absolute Gasteiger partial charge is 0.375 e. The molecule has 3 unspecified atom stereocenters. The monoisotopic (exact) mass is 452 g/mol. The maximum absolute atomic E-state index is 5.95. The van der Waals surface area contributed by atoms with Gasteiger partial charge in [-0.15, -0.1) is 5.10 Å². The van der Waals surface area contributed by atoms with Gasteiger partial charge in [0.25, 0.3) is 0 Å². The minimum atomic E-state index is -0.155. The number of hydrogen-bond acceptors (Lipinski definition) is 6. The predicted molar refractivity (Wildman–Crippen MR) is 128 cm³/mol. The Morgan fingerprint density at radius 2 is 1.91 bits per heavy atom. The fraction of sp³-hybridized carbons (Fsp3) is 0.731. The van der Waals surface area contributed by atoms with Crippen LogP contribution in [-0.4, -0.2) is 56.9 Å². The van der Waals surface area contributed by atoms with Crippen LogP contribution in [0.2, 0.25) is 0 Å². The Labute approximate surface area is 198 Å². The highest BCUT2D eigenvalue weighted by molar-refractivity contribution is 5.13. The highest BCUT2D eigenvalue weighted by atomic mass is 16.5. The standard InChI is InChI=1S/C26H40N6O/c1-25(2,3)31-13-11-26(12-14-31,27-18-22-10-9-21-17-23(21)22)24-28-29-30-32(24)15-16-33-19-20-7-5-4-6-8-20/h4-8,21-23,27H,9-19H2,1-3H3. The lowest BCUT2D eigenvalue weighted by molar-refractivity contribution is 0.0526. The summed E-state index contributed by atoms with van der Waals surface area (Å²) in [5.74, 6) is 3.80. The van der Waals surface area contributed by atoms with Crippen LogP contribution in [0.15, 0.2) is 30.3 Å². The van der Waals surface area contributed by atoms with E-state index >= 15 is 0 Å². The molecule has 1 aliphatic heterocycles. The van der Waals surface area contributed by atoms with Crippen molar-refractivity contribution in [2.24, 2.45) is 17.8 Å². The minimum absolute atomic E-state index is 0.155. The molecule has 0 spiro atoms. The molecule has 5 rings (SSSR count). The number of tetrazole rings is 1. The SMILES string of the molecule is CC(C)(C)N1CCC(NCC2CCC3CC23)(c2nnnn2CCOCc2ccccc2)CC1. The molecule has 7 nitrogen and oxygen atoms in total. The molecule has 3 aliphatic rings. The summed E-state index contributed by atoms with van der Waals surface area (Å²) >= 11 is 0. The topological polar surface area (TPSA) is 68.1 Å². The molecule has 1 saturated heterocycles. The second kappa shape index (κ2) is 9.43. The predicted octanol–water partition coefficient (Wildman–Crippen LogP) is 3.62. The zero-order chi connectivity index (χ0) is 22.9. The third kappa shape index (κ3) is 5.15. The third-order valence-electron chi connectivity index (χ3n) is 8.28. The van der Waals surface area contributed by atoms with Crippen molar-refractivity contribution in [3.63, 3.8) is 0 Å². The fourth-order valence-electron chi connectivity index (χ4n) is 6.05. The van der Waals surface area contributed by atoms with Crippen LogP contribution < -0.4 is 5.32 Å². The van der Waals surface area contributed by atoms with Gasteiger partial charge in [-0.25, -0.2) is 4.68 Å². The van der Waals surface area contributed by atoms with E-state index in [1.807, 2.05) is 22.9 Å². The van der Waals surface area contributed by atoms with Gasteiger partial charge in [-0.1, -0.05) is 30.3 Å². The smallest absolute Gasteiger partial charge is 0.171 e. The molecule has 1 N–H and O–H groups in total. The number of nitrogens with zero attached hydrogens (tertiary/aromatic N) is 5. The van der Waals surface area contributed by atoms with E-state index in [0.717, 1.165) is 56.1 Å². The Bertz CT molecular complexity index is 899. The normalized spacial score (nSPS) is 26.9. The van der Waals surface area contributed by atoms with Crippen molar-refractivity contribution < 1.29 is 4.74 Å². The van der Waals surface area contributed by atoms with Gasteiger partial charge in [0.1, 0.15) is 0 Å². The Morgan fingerprint density at radius 3 is 2.58 bits per heavy atom. The lowest BCUT2D eigenvalue weighted by Crippen LogP contribution is -2.57. The summed E-state index contributed by atoms with van der Waals surface area (Å²) in [5, 5.41) is 17.1. The van der Waals surface area contributed by atoms with Crippen molar-refractivity contribution in [3.8, 4) is 0 Å². The van der Waals surface area contributed by atoms with Crippen LogP contribution in [0.25, 0.3) is 0 Å². The lowest BCUT2D eigenvalue weighted by Gasteiger charge is -2.46. The second-order valence-corrected chi connectivity index (χ2v) is 11.4. The molecule has 180 valence electrons. The number of aromatic nitrogens is 4. The average Bonchev–Trinajstić information content (AvgIpc) is 3.24. The molecule has 33 heavy (non-hydrogen) atoms. The van der Waals surface area contributed by atoms with Crippen molar-refractivity contribution >= 4 is 0 Å². The van der Waals surface area contributed by atoms with Gasteiger partial charge >= 0.3 is 0 Å². The molecular weight excluding hydrogens is 412 g/mol. The van der Waals surface area contributed by atoms with Crippen LogP contribution in [0.4, 0.5) is 0 Å². The van der Waals surface area contributed by atoms with Crippen LogP contribution in [0.3, 0.4) is 0 Å². The van der Waals surface area contributed by atoms with Crippen molar-refractivity contribution in [2.45, 2.75) is 77.1 Å². The summed E-state index contributed by atoms with van der Waals surface area (Å²) in [7, 11) is 0. The number of likely N-dealkylation sites (tertiary alicyclic amines) is 1. The summed E-state index contributed by atoms with van der Waals surface area (Å²) in [4.78, 5) is 2.59. The first kappa shape index (κ1) is 22.9. The molecular formula is C26H40N6O. The van der Waals surface area contributed by atoms with Crippen molar-refractivity contribution in [3.05, 3.63) is 41.7 Å². The molecule has 7 heteroatoms. The number of ether oxygens (including phenoxy) is 1. The number of rotatable bonds is 9. The van der Waals surface area contributed by atoms with E-state index in [1.54, 1.807) is 0 Å². The first-order valence-electron chi connectivity index (χ1n) is 12.8. The second-order valence-electron chi connectivity index (χ2n) is 11.4. The maximum Gasteiger partial charge on any atom is 0.171 e. The molecule has 2 aliphatic carbocycles. The van der Waals surface area contributed by atoms with Crippen LogP contribution in [0.1, 0.15) is 64.3 Å². The van der Waals surface area contributed by atoms with E-state index in [-0.39, 0.29) is 11.1 Å². The van der Waals surface area contributed by atoms with Crippen molar-refractivity contribution in [1.29, 1.82) is 0 Å². The first-order valence-corrected chi connectivity index (χ1v) is 12.8. The van der Waals surface area contributed by atoms with Crippen LogP contribution >= 0.6 is 0 Å². The van der Waals surface area contributed by atoms with Gasteiger partial charge in [0, 0.05) is 18.6 Å². The average molecular weight is 453 g/mol. The number of piperidine rings is 1. The van der Waals surface area contributed by atoms with Gasteiger partial charge in [0.05, 0.1) is 25.3 Å². The number of fused-ring (bicyclic) bond motifs is 1. The quantitative estimate of drug-likeness (QED) is 0.586. The molecule has 2 heterocycles. The van der Waals surface area contributed by atoms with Crippen LogP contribution in [-0.2, 0) is 23.4 Å². The van der Waals surface area contributed by atoms with Crippen molar-refractivity contribution in [1.82, 2.24) is 30.4 Å². The fourth-order valence-corrected chi connectivity index (χ4v) is 6.05. The first-order chi connectivity index (χ1) is 15.9. The van der Waals surface area contributed by atoms with E-state index in [4.69, 9.17) is 4.74 Å². The van der Waals surface area contributed by atoms with Gasteiger partial charge in [-0.2, -0.15) is 0 Å². The Hall–Kier alpha value is -1.83. The molecule has 3 fully saturated rings. The van der Waals surface area contributed by atoms with E-state index in [9.17, 15) is 0 Å². The summed E-state index contributed by atoms with van der Waals surface area (Å²) in [6.45, 7) is 12.0. The Balaban J connectivity index is 1.25. The Morgan fingerprint density at radius 1 is 1.12 bits per heavy atom. The molecule has 2 aromatic rings. The van der Waals surface area contributed by atoms with E-state index in [2.05, 4.69) is 58.6 Å². The summed E-state index contributed by atoms with van der Waals surface area (Å²) in [6.07, 6.45) is 6.34. The highest BCUT2D eigenvalue weighted by Crippen LogP contribution is 2.55. The number of nitrogens with one attached hydrogen (secondary N) is 1. The lowest BCUT2D eigenvalue weighted by atomic mass is 9.84. The molecule has 0 radical (unpaired) electrons. The molecule has 2 saturated carbocycles. The number of hydrogen-bond donors (Lipinski definition) is 1. The maximum atomic E-state index is 5.95. The van der Waals surface area contributed by atoms with Crippen LogP contribution in [0, 0.1) is 17.8 Å². The molecule has 0 bridgehead atoms. The van der Waals surface area contributed by atoms with Crippen LogP contribution in [0.5, 0.6) is 0 Å². The zero-order valence-corrected chi connectivity index (χ0v) is 20.5. The highest BCUT2D eigenvalue weighted by Gasteiger charge is 2.49. The van der Waals surface area contributed by atoms with E-state index < -0.39 is 0 Å². The molecule has 1 aromatic carbocycles. The van der Waals surface area contributed by atoms with Gasteiger partial charge in [-0.05, 0) is 93.2 Å². The van der Waals surface area contributed by atoms with Gasteiger partial charge in [0.15, 0.2) is 5.82 Å². The van der Waals surface area contributed by atoms with Crippen molar-refractivity contribution in [2.75, 3.05) is 26.2 Å².